The van der Waals surface area contributed by atoms with Crippen LogP contribution in [0.2, 0.25) is 5.02 Å². The summed E-state index contributed by atoms with van der Waals surface area (Å²) in [5.74, 6) is 1.45. The van der Waals surface area contributed by atoms with Crippen LogP contribution in [0.4, 0.5) is 0 Å². The van der Waals surface area contributed by atoms with Crippen molar-refractivity contribution in [2.75, 3.05) is 13.8 Å². The van der Waals surface area contributed by atoms with Crippen LogP contribution in [0, 0.1) is 6.92 Å². The zero-order valence-electron chi connectivity index (χ0n) is 8.19. The van der Waals surface area contributed by atoms with Crippen molar-refractivity contribution in [3.63, 3.8) is 0 Å². The fourth-order valence-corrected chi connectivity index (χ4v) is 1.85. The minimum Gasteiger partial charge on any atom is -0.453 e. The zero-order chi connectivity index (χ0) is 10.1. The summed E-state index contributed by atoms with van der Waals surface area (Å²) in [5.41, 5.74) is 2.23. The van der Waals surface area contributed by atoms with Crippen LogP contribution >= 0.6 is 11.6 Å². The Morgan fingerprint density at radius 3 is 2.86 bits per heavy atom. The molecule has 1 aliphatic heterocycles. The highest BCUT2D eigenvalue weighted by atomic mass is 35.5. The molecule has 1 aromatic carbocycles. The van der Waals surface area contributed by atoms with Gasteiger partial charge in [0.2, 0.25) is 6.79 Å². The lowest BCUT2D eigenvalue weighted by Gasteiger charge is -2.09. The molecule has 0 radical (unpaired) electrons. The number of halogens is 1. The number of rotatable bonds is 2. The van der Waals surface area contributed by atoms with Crippen molar-refractivity contribution in [3.8, 4) is 11.5 Å². The summed E-state index contributed by atoms with van der Waals surface area (Å²) in [6.07, 6.45) is 0. The first-order valence-electron chi connectivity index (χ1n) is 4.46. The van der Waals surface area contributed by atoms with Crippen molar-refractivity contribution < 1.29 is 9.47 Å². The first kappa shape index (κ1) is 9.62. The van der Waals surface area contributed by atoms with Crippen LogP contribution in [0.5, 0.6) is 11.5 Å². The number of nitrogens with one attached hydrogen (secondary N) is 1. The normalized spacial score (nSPS) is 13.4. The summed E-state index contributed by atoms with van der Waals surface area (Å²) in [5, 5.41) is 3.71. The lowest BCUT2D eigenvalue weighted by atomic mass is 10.1. The van der Waals surface area contributed by atoms with E-state index in [9.17, 15) is 0 Å². The molecule has 0 atom stereocenters. The van der Waals surface area contributed by atoms with Gasteiger partial charge >= 0.3 is 0 Å². The molecule has 0 saturated carbocycles. The second-order valence-electron chi connectivity index (χ2n) is 3.24. The lowest BCUT2D eigenvalue weighted by molar-refractivity contribution is 0.173. The van der Waals surface area contributed by atoms with Gasteiger partial charge < -0.3 is 14.8 Å². The Bertz CT molecular complexity index is 366. The van der Waals surface area contributed by atoms with E-state index < -0.39 is 0 Å². The molecule has 0 aromatic heterocycles. The molecule has 2 rings (SSSR count). The maximum Gasteiger partial charge on any atom is 0.231 e. The SMILES string of the molecule is CNCc1cc(Cl)c2c(c1C)OCO2. The maximum atomic E-state index is 6.05. The molecule has 0 aliphatic carbocycles. The number of hydrogen-bond acceptors (Lipinski definition) is 3. The molecule has 1 aliphatic rings. The first-order chi connectivity index (χ1) is 6.74. The highest BCUT2D eigenvalue weighted by Gasteiger charge is 2.21. The molecule has 76 valence electrons. The van der Waals surface area contributed by atoms with Crippen molar-refractivity contribution in [2.24, 2.45) is 0 Å². The van der Waals surface area contributed by atoms with Gasteiger partial charge in [-0.1, -0.05) is 11.6 Å². The molecule has 0 fully saturated rings. The number of hydrogen-bond donors (Lipinski definition) is 1. The Morgan fingerprint density at radius 1 is 1.43 bits per heavy atom. The van der Waals surface area contributed by atoms with Gasteiger partial charge in [-0.15, -0.1) is 0 Å². The van der Waals surface area contributed by atoms with Gasteiger partial charge in [-0.25, -0.2) is 0 Å². The molecule has 1 heterocycles. The van der Waals surface area contributed by atoms with Gasteiger partial charge in [0.1, 0.15) is 0 Å². The minimum absolute atomic E-state index is 0.263. The quantitative estimate of drug-likeness (QED) is 0.816. The van der Waals surface area contributed by atoms with Crippen LogP contribution in [0.1, 0.15) is 11.1 Å². The van der Waals surface area contributed by atoms with E-state index in [-0.39, 0.29) is 6.79 Å². The van der Waals surface area contributed by atoms with Gasteiger partial charge in [0, 0.05) is 6.54 Å². The fourth-order valence-electron chi connectivity index (χ4n) is 1.58. The predicted molar refractivity (Wildman–Crippen MR) is 55.1 cm³/mol. The third-order valence-electron chi connectivity index (χ3n) is 2.32. The van der Waals surface area contributed by atoms with Crippen LogP contribution < -0.4 is 14.8 Å². The highest BCUT2D eigenvalue weighted by molar-refractivity contribution is 6.32. The Balaban J connectivity index is 2.50. The average molecular weight is 214 g/mol. The Labute approximate surface area is 88.0 Å². The van der Waals surface area contributed by atoms with E-state index in [4.69, 9.17) is 21.1 Å². The van der Waals surface area contributed by atoms with E-state index >= 15 is 0 Å². The summed E-state index contributed by atoms with van der Waals surface area (Å²) in [6.45, 7) is 3.05. The highest BCUT2D eigenvalue weighted by Crippen LogP contribution is 2.42. The molecular weight excluding hydrogens is 202 g/mol. The van der Waals surface area contributed by atoms with Gasteiger partial charge in [0.15, 0.2) is 11.5 Å². The fraction of sp³-hybridized carbons (Fsp3) is 0.400. The molecule has 14 heavy (non-hydrogen) atoms. The molecule has 3 nitrogen and oxygen atoms in total. The molecule has 1 aromatic rings. The molecule has 1 N–H and O–H groups in total. The monoisotopic (exact) mass is 213 g/mol. The Morgan fingerprint density at radius 2 is 2.14 bits per heavy atom. The average Bonchev–Trinajstić information content (AvgIpc) is 2.63. The van der Waals surface area contributed by atoms with E-state index in [1.165, 1.54) is 0 Å². The largest absolute Gasteiger partial charge is 0.453 e. The second-order valence-corrected chi connectivity index (χ2v) is 3.64. The van der Waals surface area contributed by atoms with Crippen molar-refractivity contribution in [1.29, 1.82) is 0 Å². The molecular formula is C10H12ClNO2. The maximum absolute atomic E-state index is 6.05. The predicted octanol–water partition coefficient (Wildman–Crippen LogP) is 2.10. The smallest absolute Gasteiger partial charge is 0.231 e. The summed E-state index contributed by atoms with van der Waals surface area (Å²) in [4.78, 5) is 0. The summed E-state index contributed by atoms with van der Waals surface area (Å²) < 4.78 is 10.6. The van der Waals surface area contributed by atoms with E-state index in [0.717, 1.165) is 23.4 Å². The van der Waals surface area contributed by atoms with Crippen LogP contribution in [0.25, 0.3) is 0 Å². The summed E-state index contributed by atoms with van der Waals surface area (Å²) in [7, 11) is 1.90. The van der Waals surface area contributed by atoms with Crippen LogP contribution in [0.3, 0.4) is 0 Å². The third kappa shape index (κ3) is 1.42. The number of benzene rings is 1. The van der Waals surface area contributed by atoms with Crippen molar-refractivity contribution in [3.05, 3.63) is 22.2 Å². The topological polar surface area (TPSA) is 30.5 Å². The molecule has 0 bridgehead atoms. The van der Waals surface area contributed by atoms with Crippen LogP contribution in [-0.2, 0) is 6.54 Å². The zero-order valence-corrected chi connectivity index (χ0v) is 8.94. The third-order valence-corrected chi connectivity index (χ3v) is 2.60. The minimum atomic E-state index is 0.263. The van der Waals surface area contributed by atoms with Gasteiger partial charge in [-0.05, 0) is 31.2 Å². The summed E-state index contributed by atoms with van der Waals surface area (Å²) >= 11 is 6.05. The Kier molecular flexibility index (Phi) is 2.52. The molecule has 0 saturated heterocycles. The van der Waals surface area contributed by atoms with E-state index in [0.29, 0.717) is 10.8 Å². The number of ether oxygens (including phenoxy) is 2. The van der Waals surface area contributed by atoms with Crippen molar-refractivity contribution in [2.45, 2.75) is 13.5 Å². The van der Waals surface area contributed by atoms with Crippen molar-refractivity contribution >= 4 is 11.6 Å². The lowest BCUT2D eigenvalue weighted by Crippen LogP contribution is -2.06. The van der Waals surface area contributed by atoms with Gasteiger partial charge in [-0.2, -0.15) is 0 Å². The molecule has 0 amide bonds. The second kappa shape index (κ2) is 3.67. The summed E-state index contributed by atoms with van der Waals surface area (Å²) in [6, 6.07) is 1.92. The van der Waals surface area contributed by atoms with E-state index in [2.05, 4.69) is 5.32 Å². The van der Waals surface area contributed by atoms with Gasteiger partial charge in [0.25, 0.3) is 0 Å². The van der Waals surface area contributed by atoms with Crippen LogP contribution in [0.15, 0.2) is 6.07 Å². The first-order valence-corrected chi connectivity index (χ1v) is 4.84. The van der Waals surface area contributed by atoms with Crippen molar-refractivity contribution in [1.82, 2.24) is 5.32 Å². The molecule has 0 spiro atoms. The molecule has 0 unspecified atom stereocenters. The number of fused-ring (bicyclic) bond motifs is 1. The van der Waals surface area contributed by atoms with E-state index in [1.54, 1.807) is 0 Å². The Hall–Kier alpha value is -0.930. The van der Waals surface area contributed by atoms with Crippen LogP contribution in [-0.4, -0.2) is 13.8 Å². The van der Waals surface area contributed by atoms with Gasteiger partial charge in [0.05, 0.1) is 5.02 Å². The van der Waals surface area contributed by atoms with E-state index in [1.807, 2.05) is 20.0 Å². The molecule has 4 heteroatoms. The standard InChI is InChI=1S/C10H12ClNO2/c1-6-7(4-12-2)3-8(11)10-9(6)13-5-14-10/h3,12H,4-5H2,1-2H3. The van der Waals surface area contributed by atoms with Gasteiger partial charge in [-0.3, -0.25) is 0 Å².